The van der Waals surface area contributed by atoms with E-state index >= 15 is 0 Å². The number of halogens is 1. The number of hydrogen-bond donors (Lipinski definition) is 1. The average molecular weight is 244 g/mol. The van der Waals surface area contributed by atoms with E-state index in [0.29, 0.717) is 0 Å². The van der Waals surface area contributed by atoms with Crippen molar-refractivity contribution in [3.63, 3.8) is 0 Å². The zero-order valence-corrected chi connectivity index (χ0v) is 9.93. The summed E-state index contributed by atoms with van der Waals surface area (Å²) in [6.07, 6.45) is 1.61. The third-order valence-electron chi connectivity index (χ3n) is 2.36. The maximum absolute atomic E-state index is 13.2. The highest BCUT2D eigenvalue weighted by atomic mass is 19.1. The summed E-state index contributed by atoms with van der Waals surface area (Å²) in [7, 11) is 1.43. The topological polar surface area (TPSA) is 33.6 Å². The Morgan fingerprint density at radius 2 is 1.94 bits per heavy atom. The van der Waals surface area contributed by atoms with Crippen LogP contribution in [0, 0.1) is 5.82 Å². The molecule has 0 spiro atoms. The van der Waals surface area contributed by atoms with Crippen LogP contribution >= 0.6 is 0 Å². The highest BCUT2D eigenvalue weighted by molar-refractivity contribution is 5.80. The fraction of sp³-hybridized carbons (Fsp3) is 0.0714. The van der Waals surface area contributed by atoms with Crippen molar-refractivity contribution in [1.82, 2.24) is 0 Å². The summed E-state index contributed by atoms with van der Waals surface area (Å²) in [6, 6.07) is 14.1. The van der Waals surface area contributed by atoms with E-state index in [0.717, 1.165) is 11.3 Å². The predicted molar refractivity (Wildman–Crippen MR) is 70.6 cm³/mol. The summed E-state index contributed by atoms with van der Waals surface area (Å²) in [5.74, 6) is -0.177. The van der Waals surface area contributed by atoms with Crippen molar-refractivity contribution in [3.05, 3.63) is 59.9 Å². The molecule has 4 heteroatoms. The van der Waals surface area contributed by atoms with Gasteiger partial charge >= 0.3 is 0 Å². The standard InChI is InChI=1S/C14H13FN2O/c1-18-14-9-11(7-8-13(14)15)10-16-17-12-5-3-2-4-6-12/h2-10,17H,1H3. The van der Waals surface area contributed by atoms with Crippen LogP contribution in [-0.2, 0) is 0 Å². The molecular weight excluding hydrogens is 231 g/mol. The van der Waals surface area contributed by atoms with Crippen molar-refractivity contribution in [2.75, 3.05) is 12.5 Å². The number of hydrazone groups is 1. The zero-order chi connectivity index (χ0) is 12.8. The fourth-order valence-corrected chi connectivity index (χ4v) is 1.45. The zero-order valence-electron chi connectivity index (χ0n) is 9.93. The van der Waals surface area contributed by atoms with E-state index in [1.54, 1.807) is 18.3 Å². The maximum Gasteiger partial charge on any atom is 0.165 e. The second-order valence-electron chi connectivity index (χ2n) is 3.63. The molecule has 0 aliphatic heterocycles. The molecule has 0 saturated heterocycles. The molecule has 0 fully saturated rings. The van der Waals surface area contributed by atoms with Gasteiger partial charge < -0.3 is 4.74 Å². The van der Waals surface area contributed by atoms with Gasteiger partial charge in [0.15, 0.2) is 11.6 Å². The van der Waals surface area contributed by atoms with Gasteiger partial charge in [0.2, 0.25) is 0 Å². The van der Waals surface area contributed by atoms with Crippen LogP contribution in [0.15, 0.2) is 53.6 Å². The van der Waals surface area contributed by atoms with Gasteiger partial charge in [-0.2, -0.15) is 5.10 Å². The lowest BCUT2D eigenvalue weighted by Gasteiger charge is -2.02. The highest BCUT2D eigenvalue weighted by Gasteiger charge is 2.01. The SMILES string of the molecule is COc1cc(C=NNc2ccccc2)ccc1F. The van der Waals surface area contributed by atoms with Crippen molar-refractivity contribution in [3.8, 4) is 5.75 Å². The molecule has 1 N–H and O–H groups in total. The van der Waals surface area contributed by atoms with E-state index in [1.165, 1.54) is 13.2 Å². The maximum atomic E-state index is 13.2. The van der Waals surface area contributed by atoms with E-state index < -0.39 is 0 Å². The normalized spacial score (nSPS) is 10.6. The molecule has 0 atom stereocenters. The monoisotopic (exact) mass is 244 g/mol. The van der Waals surface area contributed by atoms with Crippen molar-refractivity contribution < 1.29 is 9.13 Å². The Bertz CT molecular complexity index is 541. The van der Waals surface area contributed by atoms with Gasteiger partial charge in [-0.15, -0.1) is 0 Å². The number of benzene rings is 2. The van der Waals surface area contributed by atoms with Crippen LogP contribution in [0.1, 0.15) is 5.56 Å². The summed E-state index contributed by atoms with van der Waals surface area (Å²) in [4.78, 5) is 0. The third kappa shape index (κ3) is 3.07. The minimum atomic E-state index is -0.384. The molecule has 0 radical (unpaired) electrons. The first-order valence-electron chi connectivity index (χ1n) is 5.47. The second kappa shape index (κ2) is 5.82. The van der Waals surface area contributed by atoms with Gasteiger partial charge in [-0.3, -0.25) is 5.43 Å². The lowest BCUT2D eigenvalue weighted by atomic mass is 10.2. The minimum absolute atomic E-state index is 0.207. The molecule has 92 valence electrons. The fourth-order valence-electron chi connectivity index (χ4n) is 1.45. The molecule has 0 amide bonds. The first kappa shape index (κ1) is 12.1. The van der Waals surface area contributed by atoms with Gasteiger partial charge in [0.1, 0.15) is 0 Å². The van der Waals surface area contributed by atoms with Crippen LogP contribution < -0.4 is 10.2 Å². The molecule has 3 nitrogen and oxygen atoms in total. The number of hydrogen-bond acceptors (Lipinski definition) is 3. The summed E-state index contributed by atoms with van der Waals surface area (Å²) < 4.78 is 18.1. The second-order valence-corrected chi connectivity index (χ2v) is 3.63. The number of methoxy groups -OCH3 is 1. The Labute approximate surface area is 105 Å². The Balaban J connectivity index is 2.05. The minimum Gasteiger partial charge on any atom is -0.494 e. The van der Waals surface area contributed by atoms with Crippen molar-refractivity contribution >= 4 is 11.9 Å². The molecule has 2 rings (SSSR count). The smallest absolute Gasteiger partial charge is 0.165 e. The number of para-hydroxylation sites is 1. The van der Waals surface area contributed by atoms with Crippen LogP contribution in [0.3, 0.4) is 0 Å². The average Bonchev–Trinajstić information content (AvgIpc) is 2.42. The molecule has 0 aromatic heterocycles. The number of nitrogens with one attached hydrogen (secondary N) is 1. The third-order valence-corrected chi connectivity index (χ3v) is 2.36. The summed E-state index contributed by atoms with van der Waals surface area (Å²) in [5.41, 5.74) is 4.53. The lowest BCUT2D eigenvalue weighted by Crippen LogP contribution is -1.93. The first-order valence-corrected chi connectivity index (χ1v) is 5.47. The van der Waals surface area contributed by atoms with E-state index in [-0.39, 0.29) is 11.6 Å². The van der Waals surface area contributed by atoms with Crippen LogP contribution in [0.5, 0.6) is 5.75 Å². The van der Waals surface area contributed by atoms with Crippen LogP contribution in [0.2, 0.25) is 0 Å². The largest absolute Gasteiger partial charge is 0.494 e. The highest BCUT2D eigenvalue weighted by Crippen LogP contribution is 2.17. The van der Waals surface area contributed by atoms with Crippen LogP contribution in [0.4, 0.5) is 10.1 Å². The van der Waals surface area contributed by atoms with Gasteiger partial charge in [0.05, 0.1) is 19.0 Å². The van der Waals surface area contributed by atoms with E-state index in [4.69, 9.17) is 4.74 Å². The molecule has 18 heavy (non-hydrogen) atoms. The van der Waals surface area contributed by atoms with Gasteiger partial charge in [-0.1, -0.05) is 24.3 Å². The van der Waals surface area contributed by atoms with Gasteiger partial charge in [-0.25, -0.2) is 4.39 Å². The quantitative estimate of drug-likeness (QED) is 0.661. The van der Waals surface area contributed by atoms with Gasteiger partial charge in [-0.05, 0) is 29.8 Å². The summed E-state index contributed by atoms with van der Waals surface area (Å²) in [5, 5.41) is 4.06. The number of nitrogens with zero attached hydrogens (tertiary/aromatic N) is 1. The molecule has 0 aliphatic rings. The summed E-state index contributed by atoms with van der Waals surface area (Å²) >= 11 is 0. The number of anilines is 1. The Hall–Kier alpha value is -2.36. The lowest BCUT2D eigenvalue weighted by molar-refractivity contribution is 0.386. The number of rotatable bonds is 4. The molecule has 2 aromatic carbocycles. The van der Waals surface area contributed by atoms with E-state index in [1.807, 2.05) is 30.3 Å². The van der Waals surface area contributed by atoms with Crippen molar-refractivity contribution in [2.45, 2.75) is 0 Å². The molecule has 0 aliphatic carbocycles. The van der Waals surface area contributed by atoms with Gasteiger partial charge in [0.25, 0.3) is 0 Å². The van der Waals surface area contributed by atoms with Crippen molar-refractivity contribution in [2.24, 2.45) is 5.10 Å². The molecule has 0 unspecified atom stereocenters. The summed E-state index contributed by atoms with van der Waals surface area (Å²) in [6.45, 7) is 0. The van der Waals surface area contributed by atoms with Crippen molar-refractivity contribution in [1.29, 1.82) is 0 Å². The Morgan fingerprint density at radius 1 is 1.17 bits per heavy atom. The molecular formula is C14H13FN2O. The van der Waals surface area contributed by atoms with Crippen LogP contribution in [-0.4, -0.2) is 13.3 Å². The molecule has 0 bridgehead atoms. The molecule has 2 aromatic rings. The van der Waals surface area contributed by atoms with E-state index in [2.05, 4.69) is 10.5 Å². The predicted octanol–water partition coefficient (Wildman–Crippen LogP) is 3.28. The Kier molecular flexibility index (Phi) is 3.91. The molecule has 0 heterocycles. The molecule has 0 saturated carbocycles. The number of ether oxygens (including phenoxy) is 1. The van der Waals surface area contributed by atoms with Gasteiger partial charge in [0, 0.05) is 0 Å². The first-order chi connectivity index (χ1) is 8.79. The van der Waals surface area contributed by atoms with E-state index in [9.17, 15) is 4.39 Å². The van der Waals surface area contributed by atoms with Crippen LogP contribution in [0.25, 0.3) is 0 Å². The Morgan fingerprint density at radius 3 is 2.67 bits per heavy atom.